The molecule has 2 aromatic heterocycles. The van der Waals surface area contributed by atoms with Gasteiger partial charge in [-0.15, -0.1) is 22.6 Å². The molecule has 9 heteroatoms. The van der Waals surface area contributed by atoms with E-state index in [4.69, 9.17) is 4.42 Å². The molecular formula is C18H21ClN4O2S2. The highest BCUT2D eigenvalue weighted by molar-refractivity contribution is 8.00. The molecule has 27 heavy (non-hydrogen) atoms. The van der Waals surface area contributed by atoms with Crippen LogP contribution in [0.5, 0.6) is 0 Å². The number of nitrogens with zero attached hydrogens (tertiary/aromatic N) is 3. The zero-order chi connectivity index (χ0) is 18.1. The third-order valence-corrected chi connectivity index (χ3v) is 6.39. The molecule has 1 saturated heterocycles. The lowest BCUT2D eigenvalue weighted by atomic mass is 10.1. The Labute approximate surface area is 172 Å². The van der Waals surface area contributed by atoms with Crippen LogP contribution >= 0.6 is 35.5 Å². The highest BCUT2D eigenvalue weighted by Crippen LogP contribution is 2.33. The summed E-state index contributed by atoms with van der Waals surface area (Å²) in [6.45, 7) is 6.23. The van der Waals surface area contributed by atoms with Crippen LogP contribution in [0.2, 0.25) is 0 Å². The predicted molar refractivity (Wildman–Crippen MR) is 111 cm³/mol. The highest BCUT2D eigenvalue weighted by atomic mass is 35.5. The summed E-state index contributed by atoms with van der Waals surface area (Å²) in [7, 11) is 0. The van der Waals surface area contributed by atoms with Gasteiger partial charge in [0.1, 0.15) is 10.6 Å². The van der Waals surface area contributed by atoms with E-state index >= 15 is 0 Å². The average molecular weight is 425 g/mol. The number of benzene rings is 1. The molecule has 1 atom stereocenters. The van der Waals surface area contributed by atoms with Gasteiger partial charge >= 0.3 is 0 Å². The van der Waals surface area contributed by atoms with Gasteiger partial charge in [0.05, 0.1) is 0 Å². The van der Waals surface area contributed by atoms with Crippen molar-refractivity contribution in [1.82, 2.24) is 20.4 Å². The van der Waals surface area contributed by atoms with E-state index in [1.807, 2.05) is 36.1 Å². The summed E-state index contributed by atoms with van der Waals surface area (Å²) in [5.74, 6) is 1.06. The van der Waals surface area contributed by atoms with Crippen LogP contribution < -0.4 is 5.32 Å². The first-order valence-corrected chi connectivity index (χ1v) is 10.4. The number of furan rings is 1. The van der Waals surface area contributed by atoms with Gasteiger partial charge in [0.15, 0.2) is 10.1 Å². The summed E-state index contributed by atoms with van der Waals surface area (Å²) in [6.07, 6.45) is 0. The maximum Gasteiger partial charge on any atom is 0.290 e. The lowest BCUT2D eigenvalue weighted by molar-refractivity contribution is 0.0678. The second-order valence-corrected chi connectivity index (χ2v) is 8.79. The van der Waals surface area contributed by atoms with Crippen LogP contribution in [-0.2, 0) is 5.75 Å². The Balaban J connectivity index is 0.00000210. The van der Waals surface area contributed by atoms with Crippen molar-refractivity contribution in [2.45, 2.75) is 30.0 Å². The molecule has 144 valence electrons. The van der Waals surface area contributed by atoms with Crippen molar-refractivity contribution in [3.8, 4) is 0 Å². The first-order chi connectivity index (χ1) is 12.6. The molecule has 1 aliphatic heterocycles. The van der Waals surface area contributed by atoms with Crippen LogP contribution in [0.15, 0.2) is 33.0 Å². The molecule has 3 heterocycles. The van der Waals surface area contributed by atoms with E-state index in [1.165, 1.54) is 0 Å². The Morgan fingerprint density at radius 1 is 1.41 bits per heavy atom. The number of carbonyl (C=O) groups is 1. The largest absolute Gasteiger partial charge is 0.451 e. The smallest absolute Gasteiger partial charge is 0.290 e. The van der Waals surface area contributed by atoms with Crippen molar-refractivity contribution in [2.24, 2.45) is 0 Å². The van der Waals surface area contributed by atoms with Gasteiger partial charge in [-0.25, -0.2) is 0 Å². The second-order valence-electron chi connectivity index (χ2n) is 6.39. The number of para-hydroxylation sites is 1. The van der Waals surface area contributed by atoms with Gasteiger partial charge in [0, 0.05) is 42.4 Å². The summed E-state index contributed by atoms with van der Waals surface area (Å²) in [5.41, 5.74) is 1.69. The minimum absolute atomic E-state index is 0. The second kappa shape index (κ2) is 8.60. The van der Waals surface area contributed by atoms with Gasteiger partial charge in [-0.1, -0.05) is 41.3 Å². The average Bonchev–Trinajstić information content (AvgIpc) is 3.22. The molecule has 1 aromatic carbocycles. The molecule has 0 saturated carbocycles. The number of rotatable bonds is 4. The molecule has 1 N–H and O–H groups in total. The summed E-state index contributed by atoms with van der Waals surface area (Å²) < 4.78 is 6.89. The molecule has 3 aromatic rings. The van der Waals surface area contributed by atoms with Crippen LogP contribution in [0.4, 0.5) is 0 Å². The summed E-state index contributed by atoms with van der Waals surface area (Å²) in [5, 5.41) is 13.5. The van der Waals surface area contributed by atoms with Crippen molar-refractivity contribution in [2.75, 3.05) is 19.6 Å². The molecule has 1 aliphatic rings. The Kier molecular flexibility index (Phi) is 6.41. The number of aromatic nitrogens is 2. The fourth-order valence-electron chi connectivity index (χ4n) is 3.15. The Bertz CT molecular complexity index is 942. The normalized spacial score (nSPS) is 17.1. The summed E-state index contributed by atoms with van der Waals surface area (Å²) in [6, 6.07) is 8.12. The van der Waals surface area contributed by atoms with Crippen molar-refractivity contribution in [3.63, 3.8) is 0 Å². The van der Waals surface area contributed by atoms with Gasteiger partial charge in [-0.2, -0.15) is 0 Å². The van der Waals surface area contributed by atoms with Crippen molar-refractivity contribution in [1.29, 1.82) is 0 Å². The fourth-order valence-corrected chi connectivity index (χ4v) is 4.99. The zero-order valence-electron chi connectivity index (χ0n) is 15.1. The molecule has 0 unspecified atom stereocenters. The number of fused-ring (bicyclic) bond motifs is 1. The molecule has 6 nitrogen and oxygen atoms in total. The number of nitrogens with one attached hydrogen (secondary N) is 1. The molecule has 0 bridgehead atoms. The van der Waals surface area contributed by atoms with Gasteiger partial charge in [0.25, 0.3) is 5.91 Å². The standard InChI is InChI=1S/C18H20N4O2S2.ClH/c1-11-9-22(8-7-19-11)17(23)16-14(10-25-18-21-20-12(2)26-18)13-5-3-4-6-15(13)24-16;/h3-6,11,19H,7-10H2,1-2H3;1H/t11-;/m1./s1. The lowest BCUT2D eigenvalue weighted by Crippen LogP contribution is -2.51. The molecule has 1 fully saturated rings. The maximum atomic E-state index is 13.1. The van der Waals surface area contributed by atoms with Crippen LogP contribution in [0, 0.1) is 6.92 Å². The van der Waals surface area contributed by atoms with Crippen molar-refractivity contribution >= 4 is 52.4 Å². The van der Waals surface area contributed by atoms with E-state index in [1.54, 1.807) is 23.1 Å². The number of thioether (sulfide) groups is 1. The number of carbonyl (C=O) groups excluding carboxylic acids is 1. The van der Waals surface area contributed by atoms with E-state index in [-0.39, 0.29) is 18.3 Å². The number of aryl methyl sites for hydroxylation is 1. The number of piperazine rings is 1. The monoisotopic (exact) mass is 424 g/mol. The first kappa shape index (κ1) is 20.1. The molecule has 1 amide bonds. The molecule has 0 spiro atoms. The number of hydrogen-bond donors (Lipinski definition) is 1. The van der Waals surface area contributed by atoms with E-state index in [9.17, 15) is 4.79 Å². The number of hydrogen-bond acceptors (Lipinski definition) is 7. The Hall–Kier alpha value is -1.61. The minimum Gasteiger partial charge on any atom is -0.451 e. The van der Waals surface area contributed by atoms with Crippen LogP contribution in [0.1, 0.15) is 28.0 Å². The first-order valence-electron chi connectivity index (χ1n) is 8.58. The Morgan fingerprint density at radius 3 is 2.96 bits per heavy atom. The zero-order valence-corrected chi connectivity index (χ0v) is 17.5. The van der Waals surface area contributed by atoms with Crippen LogP contribution in [0.3, 0.4) is 0 Å². The number of halogens is 1. The topological polar surface area (TPSA) is 71.3 Å². The number of amides is 1. The van der Waals surface area contributed by atoms with Gasteiger partial charge in [-0.05, 0) is 19.9 Å². The molecule has 4 rings (SSSR count). The van der Waals surface area contributed by atoms with Crippen LogP contribution in [-0.4, -0.2) is 46.7 Å². The predicted octanol–water partition coefficient (Wildman–Crippen LogP) is 3.74. The fraction of sp³-hybridized carbons (Fsp3) is 0.389. The third-order valence-electron chi connectivity index (χ3n) is 4.40. The summed E-state index contributed by atoms with van der Waals surface area (Å²) in [4.78, 5) is 15.0. The molecule has 0 radical (unpaired) electrons. The van der Waals surface area contributed by atoms with Gasteiger partial charge in [-0.3, -0.25) is 4.79 Å². The Morgan fingerprint density at radius 2 is 2.22 bits per heavy atom. The highest BCUT2D eigenvalue weighted by Gasteiger charge is 2.28. The van der Waals surface area contributed by atoms with Crippen molar-refractivity contribution in [3.05, 3.63) is 40.6 Å². The quantitative estimate of drug-likeness (QED) is 0.643. The molecule has 0 aliphatic carbocycles. The third kappa shape index (κ3) is 4.29. The SMILES string of the molecule is Cc1nnc(SCc2c(C(=O)N3CCN[C@H](C)C3)oc3ccccc23)s1.Cl. The van der Waals surface area contributed by atoms with E-state index in [0.717, 1.165) is 32.4 Å². The summed E-state index contributed by atoms with van der Waals surface area (Å²) >= 11 is 3.16. The lowest BCUT2D eigenvalue weighted by Gasteiger charge is -2.31. The van der Waals surface area contributed by atoms with Gasteiger partial charge < -0.3 is 14.6 Å². The molecular weight excluding hydrogens is 404 g/mol. The van der Waals surface area contributed by atoms with E-state index < -0.39 is 0 Å². The van der Waals surface area contributed by atoms with Crippen LogP contribution in [0.25, 0.3) is 11.0 Å². The maximum absolute atomic E-state index is 13.1. The minimum atomic E-state index is -0.0291. The van der Waals surface area contributed by atoms with E-state index in [0.29, 0.717) is 30.6 Å². The van der Waals surface area contributed by atoms with Crippen molar-refractivity contribution < 1.29 is 9.21 Å². The van der Waals surface area contributed by atoms with Gasteiger partial charge in [0.2, 0.25) is 0 Å². The van der Waals surface area contributed by atoms with E-state index in [2.05, 4.69) is 22.4 Å².